The summed E-state index contributed by atoms with van der Waals surface area (Å²) in [5, 5.41) is 11.0. The summed E-state index contributed by atoms with van der Waals surface area (Å²) in [5.74, 6) is -0.896. The van der Waals surface area contributed by atoms with E-state index in [4.69, 9.17) is 0 Å². The first kappa shape index (κ1) is 17.8. The molecule has 0 radical (unpaired) electrons. The number of hydrogen-bond donors (Lipinski definition) is 0. The molecule has 1 aliphatic heterocycles. The number of hydrogen-bond acceptors (Lipinski definition) is 5. The summed E-state index contributed by atoms with van der Waals surface area (Å²) in [6.07, 6.45) is 1.57. The molecule has 23 heavy (non-hydrogen) atoms. The second kappa shape index (κ2) is 6.50. The molecule has 1 fully saturated rings. The topological polar surface area (TPSA) is 83.8 Å². The standard InChI is InChI=1S/C14H20FN3O4S/c1-10-13(15)7-12(8-14(10)18(19)20)23(21,22)17(3)11-5-4-6-16(2)9-11/h7-8,11H,4-6,9H2,1-3H3. The molecule has 2 rings (SSSR count). The van der Waals surface area contributed by atoms with Gasteiger partial charge in [0, 0.05) is 25.7 Å². The Balaban J connectivity index is 2.41. The number of halogens is 1. The maximum atomic E-state index is 13.9. The molecular weight excluding hydrogens is 325 g/mol. The molecule has 1 atom stereocenters. The Kier molecular flexibility index (Phi) is 5.02. The van der Waals surface area contributed by atoms with Crippen molar-refractivity contribution in [2.75, 3.05) is 27.2 Å². The van der Waals surface area contributed by atoms with E-state index in [1.807, 2.05) is 11.9 Å². The van der Waals surface area contributed by atoms with Crippen molar-refractivity contribution in [2.45, 2.75) is 30.7 Å². The quantitative estimate of drug-likeness (QED) is 0.613. The van der Waals surface area contributed by atoms with Gasteiger partial charge in [0.15, 0.2) is 0 Å². The van der Waals surface area contributed by atoms with Crippen molar-refractivity contribution in [1.29, 1.82) is 0 Å². The van der Waals surface area contributed by atoms with Gasteiger partial charge < -0.3 is 4.90 Å². The molecule has 0 N–H and O–H groups in total. The van der Waals surface area contributed by atoms with Crippen LogP contribution >= 0.6 is 0 Å². The fraction of sp³-hybridized carbons (Fsp3) is 0.571. The molecule has 128 valence electrons. The largest absolute Gasteiger partial charge is 0.305 e. The van der Waals surface area contributed by atoms with Crippen LogP contribution in [0.5, 0.6) is 0 Å². The van der Waals surface area contributed by atoms with E-state index in [1.54, 1.807) is 0 Å². The van der Waals surface area contributed by atoms with Crippen LogP contribution in [0, 0.1) is 22.9 Å². The Morgan fingerprint density at radius 1 is 1.43 bits per heavy atom. The zero-order valence-electron chi connectivity index (χ0n) is 13.3. The van der Waals surface area contributed by atoms with Crippen LogP contribution in [0.4, 0.5) is 10.1 Å². The van der Waals surface area contributed by atoms with E-state index in [0.717, 1.165) is 25.1 Å². The van der Waals surface area contributed by atoms with Gasteiger partial charge in [0.2, 0.25) is 10.0 Å². The van der Waals surface area contributed by atoms with Crippen LogP contribution in [-0.4, -0.2) is 55.8 Å². The Morgan fingerprint density at radius 3 is 2.65 bits per heavy atom. The van der Waals surface area contributed by atoms with Crippen LogP contribution in [0.3, 0.4) is 0 Å². The normalized spacial score (nSPS) is 20.0. The zero-order valence-corrected chi connectivity index (χ0v) is 14.1. The second-order valence-corrected chi connectivity index (χ2v) is 7.88. The minimum Gasteiger partial charge on any atom is -0.305 e. The van der Waals surface area contributed by atoms with Gasteiger partial charge >= 0.3 is 0 Å². The SMILES string of the molecule is Cc1c(F)cc(S(=O)(=O)N(C)C2CCCN(C)C2)cc1[N+](=O)[O-]. The van der Waals surface area contributed by atoms with Crippen LogP contribution in [0.2, 0.25) is 0 Å². The van der Waals surface area contributed by atoms with Gasteiger partial charge in [-0.15, -0.1) is 0 Å². The molecule has 1 heterocycles. The number of benzene rings is 1. The highest BCUT2D eigenvalue weighted by molar-refractivity contribution is 7.89. The summed E-state index contributed by atoms with van der Waals surface area (Å²) in [6, 6.07) is 1.54. The van der Waals surface area contributed by atoms with Crippen molar-refractivity contribution in [3.05, 3.63) is 33.6 Å². The van der Waals surface area contributed by atoms with E-state index in [2.05, 4.69) is 0 Å². The van der Waals surface area contributed by atoms with Crippen LogP contribution in [-0.2, 0) is 10.0 Å². The number of nitro groups is 1. The average Bonchev–Trinajstić information content (AvgIpc) is 2.48. The summed E-state index contributed by atoms with van der Waals surface area (Å²) in [7, 11) is -0.656. The molecule has 7 nitrogen and oxygen atoms in total. The number of rotatable bonds is 4. The predicted molar refractivity (Wildman–Crippen MR) is 83.3 cm³/mol. The van der Waals surface area contributed by atoms with Gasteiger partial charge in [-0.1, -0.05) is 0 Å². The minimum absolute atomic E-state index is 0.172. The predicted octanol–water partition coefficient (Wildman–Crippen LogP) is 1.76. The first-order valence-electron chi connectivity index (χ1n) is 7.25. The molecule has 0 amide bonds. The van der Waals surface area contributed by atoms with Gasteiger partial charge in [-0.3, -0.25) is 10.1 Å². The van der Waals surface area contributed by atoms with Crippen molar-refractivity contribution < 1.29 is 17.7 Å². The lowest BCUT2D eigenvalue weighted by molar-refractivity contribution is -0.385. The second-order valence-electron chi connectivity index (χ2n) is 5.89. The number of sulfonamides is 1. The van der Waals surface area contributed by atoms with Crippen LogP contribution in [0.15, 0.2) is 17.0 Å². The number of nitrogens with zero attached hydrogens (tertiary/aromatic N) is 3. The van der Waals surface area contributed by atoms with E-state index >= 15 is 0 Å². The van der Waals surface area contributed by atoms with Crippen LogP contribution in [0.25, 0.3) is 0 Å². The van der Waals surface area contributed by atoms with Crippen LogP contribution in [0.1, 0.15) is 18.4 Å². The molecule has 1 saturated heterocycles. The fourth-order valence-electron chi connectivity index (χ4n) is 2.78. The third-order valence-corrected chi connectivity index (χ3v) is 6.17. The van der Waals surface area contributed by atoms with Gasteiger partial charge in [-0.2, -0.15) is 4.31 Å². The highest BCUT2D eigenvalue weighted by Crippen LogP contribution is 2.28. The van der Waals surface area contributed by atoms with E-state index in [9.17, 15) is 22.9 Å². The average molecular weight is 345 g/mol. The Morgan fingerprint density at radius 2 is 2.09 bits per heavy atom. The summed E-state index contributed by atoms with van der Waals surface area (Å²) < 4.78 is 40.5. The number of likely N-dealkylation sites (tertiary alicyclic amines) is 1. The molecule has 1 aliphatic rings. The number of likely N-dealkylation sites (N-methyl/N-ethyl adjacent to an activating group) is 2. The Hall–Kier alpha value is -1.58. The summed E-state index contributed by atoms with van der Waals surface area (Å²) >= 11 is 0. The molecule has 0 aliphatic carbocycles. The van der Waals surface area contributed by atoms with Crippen molar-refractivity contribution in [3.63, 3.8) is 0 Å². The van der Waals surface area contributed by atoms with E-state index in [0.29, 0.717) is 13.0 Å². The van der Waals surface area contributed by atoms with Crippen molar-refractivity contribution in [3.8, 4) is 0 Å². The molecule has 9 heteroatoms. The lowest BCUT2D eigenvalue weighted by Crippen LogP contribution is -2.47. The highest BCUT2D eigenvalue weighted by Gasteiger charge is 2.32. The molecule has 1 unspecified atom stereocenters. The van der Waals surface area contributed by atoms with E-state index in [1.165, 1.54) is 18.3 Å². The molecule has 0 bridgehead atoms. The molecule has 1 aromatic rings. The Bertz CT molecular complexity index is 723. The minimum atomic E-state index is -4.00. The first-order chi connectivity index (χ1) is 10.6. The zero-order chi connectivity index (χ0) is 17.4. The van der Waals surface area contributed by atoms with Gasteiger partial charge in [0.1, 0.15) is 5.82 Å². The van der Waals surface area contributed by atoms with Crippen molar-refractivity contribution in [1.82, 2.24) is 9.21 Å². The monoisotopic (exact) mass is 345 g/mol. The highest BCUT2D eigenvalue weighted by atomic mass is 32.2. The summed E-state index contributed by atoms with van der Waals surface area (Å²) in [4.78, 5) is 11.9. The number of piperidine rings is 1. The van der Waals surface area contributed by atoms with E-state index in [-0.39, 0.29) is 16.5 Å². The third kappa shape index (κ3) is 3.51. The smallest absolute Gasteiger partial charge is 0.276 e. The van der Waals surface area contributed by atoms with Crippen molar-refractivity contribution >= 4 is 15.7 Å². The van der Waals surface area contributed by atoms with Crippen molar-refractivity contribution in [2.24, 2.45) is 0 Å². The van der Waals surface area contributed by atoms with Gasteiger partial charge in [0.25, 0.3) is 5.69 Å². The van der Waals surface area contributed by atoms with Gasteiger partial charge in [0.05, 0.1) is 15.4 Å². The maximum absolute atomic E-state index is 13.9. The van der Waals surface area contributed by atoms with Gasteiger partial charge in [-0.25, -0.2) is 12.8 Å². The molecule has 0 aromatic heterocycles. The molecule has 0 saturated carbocycles. The number of nitro benzene ring substituents is 1. The fourth-order valence-corrected chi connectivity index (χ4v) is 4.19. The Labute approximate surface area is 134 Å². The molecule has 0 spiro atoms. The third-order valence-electron chi connectivity index (χ3n) is 4.28. The van der Waals surface area contributed by atoms with Gasteiger partial charge in [-0.05, 0) is 39.4 Å². The lowest BCUT2D eigenvalue weighted by atomic mass is 10.1. The maximum Gasteiger partial charge on any atom is 0.276 e. The lowest BCUT2D eigenvalue weighted by Gasteiger charge is -2.35. The first-order valence-corrected chi connectivity index (χ1v) is 8.69. The summed E-state index contributed by atoms with van der Waals surface area (Å²) in [6.45, 7) is 2.73. The van der Waals surface area contributed by atoms with E-state index < -0.39 is 26.5 Å². The molecular formula is C14H20FN3O4S. The summed E-state index contributed by atoms with van der Waals surface area (Å²) in [5.41, 5.74) is -0.702. The van der Waals surface area contributed by atoms with Crippen LogP contribution < -0.4 is 0 Å². The molecule has 1 aromatic carbocycles.